The van der Waals surface area contributed by atoms with Gasteiger partial charge in [-0.2, -0.15) is 13.2 Å². The third-order valence-electron chi connectivity index (χ3n) is 2.93. The number of hydrogen-bond acceptors (Lipinski definition) is 5. The second kappa shape index (κ2) is 5.56. The predicted molar refractivity (Wildman–Crippen MR) is 67.5 cm³/mol. The smallest absolute Gasteiger partial charge is 0.452 e. The molecule has 3 rings (SSSR count). The van der Waals surface area contributed by atoms with Crippen LogP contribution in [0.3, 0.4) is 0 Å². The first-order chi connectivity index (χ1) is 11.0. The van der Waals surface area contributed by atoms with E-state index in [4.69, 9.17) is 4.74 Å². The Kier molecular flexibility index (Phi) is 3.70. The van der Waals surface area contributed by atoms with Gasteiger partial charge < -0.3 is 4.74 Å². The van der Waals surface area contributed by atoms with Gasteiger partial charge in [-0.1, -0.05) is 0 Å². The monoisotopic (exact) mass is 333 g/mol. The average Bonchev–Trinajstić information content (AvgIpc) is 2.98. The Morgan fingerprint density at radius 2 is 1.87 bits per heavy atom. The molecule has 0 radical (unpaired) electrons. The Labute approximate surface area is 124 Å². The summed E-state index contributed by atoms with van der Waals surface area (Å²) in [4.78, 5) is 7.76. The molecule has 0 saturated carbocycles. The fraction of sp³-hybridized carbons (Fsp3) is 0.333. The molecule has 0 aliphatic carbocycles. The Hall–Kier alpha value is -2.59. The molecule has 6 nitrogen and oxygen atoms in total. The number of rotatable bonds is 4. The summed E-state index contributed by atoms with van der Waals surface area (Å²) < 4.78 is 70.1. The van der Waals surface area contributed by atoms with Crippen LogP contribution in [0.25, 0.3) is 16.8 Å². The van der Waals surface area contributed by atoms with Crippen molar-refractivity contribution < 1.29 is 26.7 Å². The molecular formula is C12H8F5N5O. The number of fused-ring (bicyclic) bond motifs is 3. The lowest BCUT2D eigenvalue weighted by atomic mass is 10.4. The highest BCUT2D eigenvalue weighted by Gasteiger charge is 2.38. The van der Waals surface area contributed by atoms with Crippen LogP contribution >= 0.6 is 0 Å². The molecule has 3 heterocycles. The number of pyridine rings is 1. The minimum atomic E-state index is -4.80. The largest absolute Gasteiger partial charge is 0.466 e. The van der Waals surface area contributed by atoms with Crippen molar-refractivity contribution in [3.8, 4) is 5.88 Å². The molecule has 0 atom stereocenters. The first-order valence-corrected chi connectivity index (χ1v) is 6.31. The zero-order chi connectivity index (χ0) is 16.6. The van der Waals surface area contributed by atoms with Crippen molar-refractivity contribution in [3.63, 3.8) is 0 Å². The van der Waals surface area contributed by atoms with Gasteiger partial charge in [-0.15, -0.1) is 10.2 Å². The van der Waals surface area contributed by atoms with Crippen LogP contribution in [0.4, 0.5) is 22.0 Å². The van der Waals surface area contributed by atoms with Crippen molar-refractivity contribution in [1.29, 1.82) is 0 Å². The van der Waals surface area contributed by atoms with Crippen molar-refractivity contribution in [2.24, 2.45) is 0 Å². The van der Waals surface area contributed by atoms with Crippen LogP contribution in [0.2, 0.25) is 0 Å². The zero-order valence-electron chi connectivity index (χ0n) is 11.3. The summed E-state index contributed by atoms with van der Waals surface area (Å²) in [6.45, 7) is -2.34. The van der Waals surface area contributed by atoms with E-state index in [1.165, 1.54) is 18.3 Å². The lowest BCUT2D eigenvalue weighted by Crippen LogP contribution is -2.22. The highest BCUT2D eigenvalue weighted by Crippen LogP contribution is 2.31. The normalized spacial score (nSPS) is 12.4. The molecule has 0 fully saturated rings. The molecule has 0 unspecified atom stereocenters. The standard InChI is InChI=1S/C12H8F5N5O/c13-4-6(5-14)23-10-9-20-21-11(12(15,16)17)22(9)8-7(19-10)2-1-3-18-8/h1-3,6H,4-5H2. The van der Waals surface area contributed by atoms with E-state index in [0.717, 1.165) is 0 Å². The van der Waals surface area contributed by atoms with Crippen LogP contribution < -0.4 is 4.74 Å². The second-order valence-electron chi connectivity index (χ2n) is 4.49. The Balaban J connectivity index is 2.30. The molecule has 11 heteroatoms. The van der Waals surface area contributed by atoms with Gasteiger partial charge >= 0.3 is 6.18 Å². The number of halogens is 5. The van der Waals surface area contributed by atoms with E-state index < -0.39 is 43.0 Å². The second-order valence-corrected chi connectivity index (χ2v) is 4.49. The van der Waals surface area contributed by atoms with Crippen LogP contribution in [0.5, 0.6) is 5.88 Å². The van der Waals surface area contributed by atoms with Gasteiger partial charge in [0.2, 0.25) is 11.5 Å². The number of ether oxygens (including phenoxy) is 1. The summed E-state index contributed by atoms with van der Waals surface area (Å²) in [5, 5.41) is 6.45. The maximum Gasteiger partial charge on any atom is 0.452 e. The van der Waals surface area contributed by atoms with E-state index in [1.807, 2.05) is 0 Å². The maximum absolute atomic E-state index is 13.1. The van der Waals surface area contributed by atoms with Gasteiger partial charge in [0.05, 0.1) is 0 Å². The molecule has 0 aromatic carbocycles. The van der Waals surface area contributed by atoms with Crippen molar-refractivity contribution in [3.05, 3.63) is 24.2 Å². The van der Waals surface area contributed by atoms with Gasteiger partial charge in [0.25, 0.3) is 5.88 Å². The zero-order valence-corrected chi connectivity index (χ0v) is 11.3. The highest BCUT2D eigenvalue weighted by atomic mass is 19.4. The molecular weight excluding hydrogens is 325 g/mol. The summed E-state index contributed by atoms with van der Waals surface area (Å²) in [5.74, 6) is -1.78. The fourth-order valence-corrected chi connectivity index (χ4v) is 1.96. The maximum atomic E-state index is 13.1. The molecule has 0 saturated heterocycles. The average molecular weight is 333 g/mol. The molecule has 0 N–H and O–H groups in total. The van der Waals surface area contributed by atoms with Gasteiger partial charge in [0, 0.05) is 6.20 Å². The van der Waals surface area contributed by atoms with Crippen LogP contribution in [0, 0.1) is 0 Å². The van der Waals surface area contributed by atoms with Crippen molar-refractivity contribution in [2.75, 3.05) is 13.3 Å². The summed E-state index contributed by atoms with van der Waals surface area (Å²) in [5.41, 5.74) is -0.531. The lowest BCUT2D eigenvalue weighted by Gasteiger charge is -2.13. The van der Waals surface area contributed by atoms with Gasteiger partial charge in [0.1, 0.15) is 18.9 Å². The Bertz CT molecular complexity index is 845. The van der Waals surface area contributed by atoms with Crippen molar-refractivity contribution in [1.82, 2.24) is 24.6 Å². The third kappa shape index (κ3) is 2.62. The molecule has 0 spiro atoms. The SMILES string of the molecule is FCC(CF)Oc1nc2cccnc2n2c(C(F)(F)F)nnc12. The van der Waals surface area contributed by atoms with E-state index >= 15 is 0 Å². The number of alkyl halides is 5. The number of hydrogen-bond donors (Lipinski definition) is 0. The molecule has 3 aromatic heterocycles. The van der Waals surface area contributed by atoms with Crippen molar-refractivity contribution in [2.45, 2.75) is 12.3 Å². The van der Waals surface area contributed by atoms with Crippen molar-refractivity contribution >= 4 is 16.8 Å². The van der Waals surface area contributed by atoms with E-state index in [-0.39, 0.29) is 11.2 Å². The predicted octanol–water partition coefficient (Wildman–Crippen LogP) is 2.38. The Morgan fingerprint density at radius 1 is 1.13 bits per heavy atom. The first kappa shape index (κ1) is 15.3. The summed E-state index contributed by atoms with van der Waals surface area (Å²) >= 11 is 0. The van der Waals surface area contributed by atoms with Gasteiger partial charge in [-0.25, -0.2) is 23.1 Å². The topological polar surface area (TPSA) is 65.2 Å². The molecule has 3 aromatic rings. The van der Waals surface area contributed by atoms with E-state index in [1.54, 1.807) is 0 Å². The minimum absolute atomic E-state index is 0.0387. The summed E-state index contributed by atoms with van der Waals surface area (Å²) in [6, 6.07) is 2.83. The van der Waals surface area contributed by atoms with Crippen LogP contribution in [0.15, 0.2) is 18.3 Å². The molecule has 0 aliphatic heterocycles. The van der Waals surface area contributed by atoms with Gasteiger partial charge in [-0.3, -0.25) is 0 Å². The molecule has 0 bridgehead atoms. The van der Waals surface area contributed by atoms with Gasteiger partial charge in [-0.05, 0) is 12.1 Å². The number of nitrogens with zero attached hydrogens (tertiary/aromatic N) is 5. The van der Waals surface area contributed by atoms with Crippen LogP contribution in [0.1, 0.15) is 5.82 Å². The number of aromatic nitrogens is 5. The Morgan fingerprint density at radius 3 is 2.52 bits per heavy atom. The molecule has 0 amide bonds. The molecule has 122 valence electrons. The van der Waals surface area contributed by atoms with Crippen LogP contribution in [-0.2, 0) is 6.18 Å². The quantitative estimate of drug-likeness (QED) is 0.686. The summed E-state index contributed by atoms with van der Waals surface area (Å²) in [7, 11) is 0. The van der Waals surface area contributed by atoms with E-state index in [9.17, 15) is 22.0 Å². The fourth-order valence-electron chi connectivity index (χ4n) is 1.96. The minimum Gasteiger partial charge on any atom is -0.466 e. The van der Waals surface area contributed by atoms with E-state index in [2.05, 4.69) is 20.2 Å². The van der Waals surface area contributed by atoms with Gasteiger partial charge in [0.15, 0.2) is 11.8 Å². The molecule has 23 heavy (non-hydrogen) atoms. The highest BCUT2D eigenvalue weighted by molar-refractivity contribution is 5.76. The first-order valence-electron chi connectivity index (χ1n) is 6.31. The van der Waals surface area contributed by atoms with E-state index in [0.29, 0.717) is 4.40 Å². The van der Waals surface area contributed by atoms with Crippen LogP contribution in [-0.4, -0.2) is 44.0 Å². The summed E-state index contributed by atoms with van der Waals surface area (Å²) in [6.07, 6.45) is -5.02. The molecule has 0 aliphatic rings. The third-order valence-corrected chi connectivity index (χ3v) is 2.93. The lowest BCUT2D eigenvalue weighted by molar-refractivity contribution is -0.145.